The van der Waals surface area contributed by atoms with Gasteiger partial charge in [-0.05, 0) is 35.7 Å². The lowest BCUT2D eigenvalue weighted by atomic mass is 10.2. The van der Waals surface area contributed by atoms with E-state index in [4.69, 9.17) is 0 Å². The normalized spacial score (nSPS) is 13.9. The summed E-state index contributed by atoms with van der Waals surface area (Å²) in [6.07, 6.45) is 0.549. The van der Waals surface area contributed by atoms with Gasteiger partial charge in [-0.3, -0.25) is 0 Å². The molecule has 0 saturated heterocycles. The fourth-order valence-corrected chi connectivity index (χ4v) is 4.13. The molecule has 0 unspecified atom stereocenters. The minimum absolute atomic E-state index is 0.0489. The van der Waals surface area contributed by atoms with Crippen LogP contribution in [0.15, 0.2) is 8.13 Å². The van der Waals surface area contributed by atoms with Gasteiger partial charge in [0, 0.05) is 6.54 Å². The van der Waals surface area contributed by atoms with Crippen molar-refractivity contribution in [3.05, 3.63) is 9.48 Å². The highest BCUT2D eigenvalue weighted by Crippen LogP contribution is 2.26. The fourth-order valence-electron chi connectivity index (χ4n) is 1.09. The monoisotopic (exact) mass is 342 g/mol. The van der Waals surface area contributed by atoms with Crippen molar-refractivity contribution in [3.8, 4) is 0 Å². The SMILES string of the molecule is CC[C@H](O)CCNS(=O)(=O)c1nc(C)c(Br)s1. The Balaban J connectivity index is 2.63. The van der Waals surface area contributed by atoms with Gasteiger partial charge >= 0.3 is 0 Å². The Morgan fingerprint density at radius 1 is 1.59 bits per heavy atom. The summed E-state index contributed by atoms with van der Waals surface area (Å²) >= 11 is 4.31. The minimum Gasteiger partial charge on any atom is -0.393 e. The number of aryl methyl sites for hydroxylation is 1. The number of aliphatic hydroxyl groups excluding tert-OH is 1. The molecule has 17 heavy (non-hydrogen) atoms. The van der Waals surface area contributed by atoms with E-state index < -0.39 is 16.1 Å². The van der Waals surface area contributed by atoms with Crippen LogP contribution in [0.3, 0.4) is 0 Å². The highest BCUT2D eigenvalue weighted by molar-refractivity contribution is 9.11. The number of hydrogen-bond acceptors (Lipinski definition) is 5. The fraction of sp³-hybridized carbons (Fsp3) is 0.667. The van der Waals surface area contributed by atoms with Crippen molar-refractivity contribution in [2.24, 2.45) is 0 Å². The lowest BCUT2D eigenvalue weighted by molar-refractivity contribution is 0.162. The lowest BCUT2D eigenvalue weighted by Gasteiger charge is -2.07. The second-order valence-corrected chi connectivity index (χ2v) is 7.85. The van der Waals surface area contributed by atoms with Crippen molar-refractivity contribution in [2.45, 2.75) is 37.1 Å². The summed E-state index contributed by atoms with van der Waals surface area (Å²) in [5, 5.41) is 9.32. The Morgan fingerprint density at radius 2 is 2.24 bits per heavy atom. The highest BCUT2D eigenvalue weighted by Gasteiger charge is 2.19. The molecule has 1 aromatic rings. The zero-order chi connectivity index (χ0) is 13.1. The molecule has 1 heterocycles. The van der Waals surface area contributed by atoms with Gasteiger partial charge in [-0.2, -0.15) is 0 Å². The van der Waals surface area contributed by atoms with Crippen molar-refractivity contribution >= 4 is 37.3 Å². The van der Waals surface area contributed by atoms with Crippen molar-refractivity contribution in [1.82, 2.24) is 9.71 Å². The van der Waals surface area contributed by atoms with E-state index in [-0.39, 0.29) is 10.9 Å². The Hall–Kier alpha value is -0.0200. The van der Waals surface area contributed by atoms with Crippen LogP contribution in [-0.2, 0) is 10.0 Å². The van der Waals surface area contributed by atoms with Gasteiger partial charge in [-0.25, -0.2) is 18.1 Å². The van der Waals surface area contributed by atoms with Crippen LogP contribution in [-0.4, -0.2) is 31.2 Å². The minimum atomic E-state index is -3.55. The van der Waals surface area contributed by atoms with Crippen LogP contribution in [0.4, 0.5) is 0 Å². The first-order chi connectivity index (χ1) is 7.86. The largest absolute Gasteiger partial charge is 0.393 e. The van der Waals surface area contributed by atoms with Crippen LogP contribution in [0, 0.1) is 6.92 Å². The average Bonchev–Trinajstić information content (AvgIpc) is 2.59. The maximum atomic E-state index is 11.8. The summed E-state index contributed by atoms with van der Waals surface area (Å²) in [6.45, 7) is 3.80. The zero-order valence-corrected chi connectivity index (χ0v) is 12.8. The van der Waals surface area contributed by atoms with Gasteiger partial charge in [-0.1, -0.05) is 18.3 Å². The van der Waals surface area contributed by atoms with Gasteiger partial charge < -0.3 is 5.11 Å². The zero-order valence-electron chi connectivity index (χ0n) is 9.60. The van der Waals surface area contributed by atoms with Gasteiger partial charge in [0.05, 0.1) is 15.6 Å². The second-order valence-electron chi connectivity index (χ2n) is 3.59. The Kier molecular flexibility index (Phi) is 5.52. The third-order valence-electron chi connectivity index (χ3n) is 2.19. The molecule has 0 fully saturated rings. The predicted octanol–water partition coefficient (Wildman–Crippen LogP) is 1.65. The molecule has 0 aliphatic heterocycles. The Morgan fingerprint density at radius 3 is 2.71 bits per heavy atom. The smallest absolute Gasteiger partial charge is 0.267 e. The van der Waals surface area contributed by atoms with Gasteiger partial charge in [0.2, 0.25) is 4.34 Å². The van der Waals surface area contributed by atoms with Crippen molar-refractivity contribution in [2.75, 3.05) is 6.54 Å². The quantitative estimate of drug-likeness (QED) is 0.823. The van der Waals surface area contributed by atoms with Gasteiger partial charge in [-0.15, -0.1) is 0 Å². The molecule has 5 nitrogen and oxygen atoms in total. The van der Waals surface area contributed by atoms with Crippen LogP contribution < -0.4 is 4.72 Å². The molecular formula is C9H15BrN2O3S2. The van der Waals surface area contributed by atoms with Crippen molar-refractivity contribution in [1.29, 1.82) is 0 Å². The standard InChI is InChI=1S/C9H15BrN2O3S2/c1-3-7(13)4-5-11-17(14,15)9-12-6(2)8(10)16-9/h7,11,13H,3-5H2,1-2H3/t7-/m0/s1. The van der Waals surface area contributed by atoms with E-state index in [1.807, 2.05) is 6.92 Å². The van der Waals surface area contributed by atoms with Crippen LogP contribution in [0.2, 0.25) is 0 Å². The third kappa shape index (κ3) is 4.29. The van der Waals surface area contributed by atoms with Crippen molar-refractivity contribution in [3.63, 3.8) is 0 Å². The number of nitrogens with zero attached hydrogens (tertiary/aromatic N) is 1. The Bertz CT molecular complexity index is 453. The molecular weight excluding hydrogens is 328 g/mol. The van der Waals surface area contributed by atoms with E-state index in [1.54, 1.807) is 6.92 Å². The summed E-state index contributed by atoms with van der Waals surface area (Å²) < 4.78 is 26.8. The predicted molar refractivity (Wildman–Crippen MR) is 70.7 cm³/mol. The third-order valence-corrected chi connectivity index (χ3v) is 6.03. The number of nitrogens with one attached hydrogen (secondary N) is 1. The summed E-state index contributed by atoms with van der Waals surface area (Å²) in [4.78, 5) is 3.96. The molecule has 0 saturated carbocycles. The number of aromatic nitrogens is 1. The summed E-state index contributed by atoms with van der Waals surface area (Å²) in [5.41, 5.74) is 0.656. The van der Waals surface area contributed by atoms with Crippen molar-refractivity contribution < 1.29 is 13.5 Å². The summed E-state index contributed by atoms with van der Waals surface area (Å²) in [7, 11) is -3.55. The first-order valence-corrected chi connectivity index (χ1v) is 8.26. The number of rotatable bonds is 6. The number of aliphatic hydroxyl groups is 1. The van der Waals surface area contributed by atoms with Gasteiger partial charge in [0.15, 0.2) is 0 Å². The molecule has 0 spiro atoms. The van der Waals surface area contributed by atoms with E-state index in [2.05, 4.69) is 25.6 Å². The Labute approximate surface area is 113 Å². The maximum Gasteiger partial charge on any atom is 0.267 e. The van der Waals surface area contributed by atoms with Crippen LogP contribution in [0.5, 0.6) is 0 Å². The van der Waals surface area contributed by atoms with E-state index >= 15 is 0 Å². The molecule has 0 aromatic carbocycles. The molecule has 0 radical (unpaired) electrons. The van der Waals surface area contributed by atoms with E-state index in [9.17, 15) is 13.5 Å². The number of sulfonamides is 1. The maximum absolute atomic E-state index is 11.8. The van der Waals surface area contributed by atoms with Crippen LogP contribution >= 0.6 is 27.3 Å². The molecule has 0 amide bonds. The second kappa shape index (κ2) is 6.24. The number of hydrogen-bond donors (Lipinski definition) is 2. The van der Waals surface area contributed by atoms with E-state index in [0.29, 0.717) is 22.3 Å². The van der Waals surface area contributed by atoms with Gasteiger partial charge in [0.25, 0.3) is 10.0 Å². The van der Waals surface area contributed by atoms with Crippen LogP contribution in [0.25, 0.3) is 0 Å². The molecule has 2 N–H and O–H groups in total. The number of halogens is 1. The lowest BCUT2D eigenvalue weighted by Crippen LogP contribution is -2.27. The average molecular weight is 343 g/mol. The highest BCUT2D eigenvalue weighted by atomic mass is 79.9. The first kappa shape index (κ1) is 15.0. The molecule has 0 bridgehead atoms. The molecule has 0 aliphatic carbocycles. The topological polar surface area (TPSA) is 79.3 Å². The molecule has 0 aliphatic rings. The summed E-state index contributed by atoms with van der Waals surface area (Å²) in [5.74, 6) is 0. The summed E-state index contributed by atoms with van der Waals surface area (Å²) in [6, 6.07) is 0. The molecule has 1 aromatic heterocycles. The van der Waals surface area contributed by atoms with E-state index in [1.165, 1.54) is 0 Å². The number of thiazole rings is 1. The van der Waals surface area contributed by atoms with Gasteiger partial charge in [0.1, 0.15) is 0 Å². The van der Waals surface area contributed by atoms with Crippen LogP contribution in [0.1, 0.15) is 25.5 Å². The molecule has 8 heteroatoms. The molecule has 98 valence electrons. The molecule has 1 rings (SSSR count). The molecule has 1 atom stereocenters. The van der Waals surface area contributed by atoms with E-state index in [0.717, 1.165) is 11.3 Å². The first-order valence-electron chi connectivity index (χ1n) is 5.17.